The molecule has 1 aliphatic rings. The monoisotopic (exact) mass is 804 g/mol. The molecular weight excluding hydrogens is 798 g/mol. The number of rotatable bonds is 0. The van der Waals surface area contributed by atoms with Gasteiger partial charge in [0.25, 0.3) is 0 Å². The van der Waals surface area contributed by atoms with Gasteiger partial charge in [0, 0.05) is 13.2 Å². The molecule has 23 heteroatoms. The quantitative estimate of drug-likeness (QED) is 0.193. The van der Waals surface area contributed by atoms with Crippen molar-refractivity contribution in [3.05, 3.63) is 0 Å². The third-order valence-corrected chi connectivity index (χ3v) is 0.827. The fraction of sp³-hybridized carbons (Fsp3) is 1.00. The van der Waals surface area contributed by atoms with Gasteiger partial charge >= 0.3 is 126 Å². The van der Waals surface area contributed by atoms with Crippen LogP contribution in [0.25, 0.3) is 0 Å². The Hall–Kier alpha value is 1.69. The van der Waals surface area contributed by atoms with Crippen LogP contribution in [-0.2, 0) is 4.74 Å². The Morgan fingerprint density at radius 3 is 0.519 bits per heavy atom. The van der Waals surface area contributed by atoms with E-state index in [-0.39, 0.29) is 17.4 Å². The van der Waals surface area contributed by atoms with Crippen LogP contribution >= 0.6 is 0 Å². The van der Waals surface area contributed by atoms with Crippen LogP contribution in [0.15, 0.2) is 0 Å². The van der Waals surface area contributed by atoms with Gasteiger partial charge in [0.2, 0.25) is 0 Å². The molecule has 1 nitrogen and oxygen atoms in total. The van der Waals surface area contributed by atoms with Gasteiger partial charge in [0.1, 0.15) is 0 Å². The number of ether oxygens (including phenoxy) is 1. The number of hydrogen-bond donors (Lipinski definition) is 0. The Kier molecular flexibility index (Phi) is 9.86. The van der Waals surface area contributed by atoms with Crippen LogP contribution in [-0.4, -0.2) is 89.0 Å². The molecule has 0 atom stereocenters. The van der Waals surface area contributed by atoms with Crippen LogP contribution < -0.4 is 0 Å². The van der Waals surface area contributed by atoms with Gasteiger partial charge in [-0.25, -0.2) is 0 Å². The van der Waals surface area contributed by atoms with Crippen LogP contribution in [0.5, 0.6) is 0 Å². The summed E-state index contributed by atoms with van der Waals surface area (Å²) in [4.78, 5) is 0. The Balaban J connectivity index is -0.000000130. The molecule has 1 rings (SSSR count). The van der Waals surface area contributed by atoms with Crippen molar-refractivity contribution in [1.82, 2.24) is 0 Å². The molecule has 0 unspecified atom stereocenters. The molecule has 1 aliphatic heterocycles. The summed E-state index contributed by atoms with van der Waals surface area (Å²) in [7, 11) is 0. The van der Waals surface area contributed by atoms with E-state index in [0.717, 1.165) is 13.2 Å². The summed E-state index contributed by atoms with van der Waals surface area (Å²) in [5.41, 5.74) is 0. The van der Waals surface area contributed by atoms with E-state index in [4.69, 9.17) is 4.74 Å². The first-order valence-electron chi connectivity index (χ1n) is 5.12. The minimum atomic E-state index is -11.2. The zero-order valence-electron chi connectivity index (χ0n) is 12.0. The third kappa shape index (κ3) is 409. The maximum atomic E-state index is 9.93. The molecule has 0 saturated carbocycles. The van der Waals surface area contributed by atoms with Gasteiger partial charge in [-0.2, -0.15) is 0 Å². The van der Waals surface area contributed by atoms with Crippen molar-refractivity contribution >= 4 is 75.8 Å². The van der Waals surface area contributed by atoms with Gasteiger partial charge < -0.3 is 4.74 Å². The van der Waals surface area contributed by atoms with Crippen molar-refractivity contribution in [3.63, 3.8) is 0 Å². The van der Waals surface area contributed by atoms with E-state index in [2.05, 4.69) is 0 Å². The summed E-state index contributed by atoms with van der Waals surface area (Å²) in [6, 6.07) is 0. The summed E-state index contributed by atoms with van der Waals surface area (Å²) >= 11 is -33.8. The second kappa shape index (κ2) is 7.38. The Bertz CT molecular complexity index is 346. The second-order valence-corrected chi connectivity index (χ2v) is 20.6. The molecule has 1 fully saturated rings. The standard InChI is InChI=1S/C4H8O.Al.18FH.3Sb/c1-2-4-5-3-1;;;;;;;;;;;;;;;;;;;;;;/h1-4H2;;18*1H;;;/q;+3;;;;;;;;;;;;;;;;;;;3*+5/p-18. The summed E-state index contributed by atoms with van der Waals surface area (Å²) in [6.07, 6.45) is 2.56. The van der Waals surface area contributed by atoms with Gasteiger partial charge in [0.15, 0.2) is 0 Å². The molecule has 1 saturated heterocycles. The fourth-order valence-electron chi connectivity index (χ4n) is 0.510. The van der Waals surface area contributed by atoms with Gasteiger partial charge in [0.05, 0.1) is 0 Å². The molecule has 0 radical (unpaired) electrons. The van der Waals surface area contributed by atoms with Gasteiger partial charge in [-0.1, -0.05) is 0 Å². The number of halogens is 18. The van der Waals surface area contributed by atoms with Gasteiger partial charge in [-0.05, 0) is 12.8 Å². The van der Waals surface area contributed by atoms with E-state index >= 15 is 0 Å². The van der Waals surface area contributed by atoms with Crippen molar-refractivity contribution < 1.29 is 55.4 Å². The molecule has 174 valence electrons. The molecule has 0 aromatic carbocycles. The molecule has 27 heavy (non-hydrogen) atoms. The number of hydrogen-bond acceptors (Lipinski definition) is 1. The topological polar surface area (TPSA) is 9.23 Å². The maximum absolute atomic E-state index is 11.2. The molecule has 0 aliphatic carbocycles. The summed E-state index contributed by atoms with van der Waals surface area (Å²) in [5.74, 6) is 0. The molecule has 0 spiro atoms. The van der Waals surface area contributed by atoms with Crippen LogP contribution in [0.1, 0.15) is 12.8 Å². The molecule has 0 bridgehead atoms. The van der Waals surface area contributed by atoms with E-state index < -0.39 is 58.4 Å². The van der Waals surface area contributed by atoms with Crippen LogP contribution in [0.4, 0.5) is 50.6 Å². The van der Waals surface area contributed by atoms with E-state index in [1.165, 1.54) is 12.8 Å². The normalized spacial score (nSPS) is 22.4. The summed E-state index contributed by atoms with van der Waals surface area (Å²) in [5, 5.41) is 0. The first kappa shape index (κ1) is 36.1. The molecule has 0 amide bonds. The molecule has 1 heterocycles. The minimum absolute atomic E-state index is 0. The average Bonchev–Trinajstić information content (AvgIpc) is 2.32. The van der Waals surface area contributed by atoms with Gasteiger partial charge in [-0.15, -0.1) is 0 Å². The van der Waals surface area contributed by atoms with Crippen LogP contribution in [0, 0.1) is 0 Å². The SMILES string of the molecule is C1CCOC1.[Al+3].[F][Sb-]([F])([F])([F])([F])[F].[F][Sb-]([F])([F])([F])([F])[F].[F][Sb-]([F])([F])([F])([F])[F]. The van der Waals surface area contributed by atoms with E-state index in [9.17, 15) is 50.6 Å². The Morgan fingerprint density at radius 2 is 0.481 bits per heavy atom. The van der Waals surface area contributed by atoms with Crippen LogP contribution in [0.2, 0.25) is 0 Å². The molecular formula is C4H8AlF18OSb3. The fourth-order valence-corrected chi connectivity index (χ4v) is 0.510. The van der Waals surface area contributed by atoms with Crippen molar-refractivity contribution in [2.24, 2.45) is 0 Å². The molecule has 0 aromatic rings. The van der Waals surface area contributed by atoms with Crippen molar-refractivity contribution in [3.8, 4) is 0 Å². The predicted octanol–water partition coefficient (Wildman–Crippen LogP) is 6.84. The second-order valence-electron chi connectivity index (χ2n) is 4.19. The van der Waals surface area contributed by atoms with Crippen molar-refractivity contribution in [2.75, 3.05) is 13.2 Å². The van der Waals surface area contributed by atoms with Crippen LogP contribution in [0.3, 0.4) is 0 Å². The van der Waals surface area contributed by atoms with E-state index in [1.807, 2.05) is 0 Å². The zero-order chi connectivity index (χ0) is 22.8. The Morgan fingerprint density at radius 1 is 0.370 bits per heavy atom. The first-order chi connectivity index (χ1) is 9.85. The van der Waals surface area contributed by atoms with Crippen molar-refractivity contribution in [2.45, 2.75) is 12.8 Å². The molecule has 0 N–H and O–H groups in total. The van der Waals surface area contributed by atoms with E-state index in [1.54, 1.807) is 0 Å². The third-order valence-electron chi connectivity index (χ3n) is 0.827. The van der Waals surface area contributed by atoms with E-state index in [0.29, 0.717) is 0 Å². The van der Waals surface area contributed by atoms with Crippen molar-refractivity contribution in [1.29, 1.82) is 0 Å². The zero-order valence-corrected chi connectivity index (χ0v) is 20.8. The molecule has 0 aromatic heterocycles. The summed E-state index contributed by atoms with van der Waals surface area (Å²) < 4.78 is 184. The first-order valence-corrected chi connectivity index (χ1v) is 22.5. The van der Waals surface area contributed by atoms with Gasteiger partial charge in [-0.3, -0.25) is 0 Å². The summed E-state index contributed by atoms with van der Waals surface area (Å²) in [6.45, 7) is 2.00. The predicted molar refractivity (Wildman–Crippen MR) is 63.0 cm³/mol. The average molecular weight is 806 g/mol. The Labute approximate surface area is 156 Å².